The highest BCUT2D eigenvalue weighted by atomic mass is 32.1. The zero-order valence-electron chi connectivity index (χ0n) is 12.8. The number of hydrazone groups is 1. The first-order valence-electron chi connectivity index (χ1n) is 7.10. The van der Waals surface area contributed by atoms with Gasteiger partial charge in [-0.05, 0) is 43.4 Å². The number of azo groups is 1. The molecular weight excluding hydrogens is 324 g/mol. The lowest BCUT2D eigenvalue weighted by molar-refractivity contribution is 0.459. The molecule has 0 saturated carbocycles. The van der Waals surface area contributed by atoms with E-state index in [0.29, 0.717) is 11.4 Å². The standard InChI is InChI=1S/C16H14N6OS/c1-10-5-6-13-12(8-10)14(15(23)19-13)20-22-16(24)21-18-9-11-4-2-3-7-17-11/h2-9,19,23H,1H3,(H,21,24)/b18-9+,22-20?. The molecule has 0 atom stereocenters. The van der Waals surface area contributed by atoms with Gasteiger partial charge in [-0.1, -0.05) is 17.7 Å². The van der Waals surface area contributed by atoms with Crippen molar-refractivity contribution in [3.8, 4) is 5.88 Å². The molecule has 0 aliphatic heterocycles. The molecule has 0 aliphatic rings. The molecule has 8 heteroatoms. The van der Waals surface area contributed by atoms with Crippen LogP contribution in [0.2, 0.25) is 0 Å². The molecule has 1 aromatic carbocycles. The predicted octanol–water partition coefficient (Wildman–Crippen LogP) is 3.57. The molecule has 0 saturated heterocycles. The molecule has 0 radical (unpaired) electrons. The van der Waals surface area contributed by atoms with Crippen molar-refractivity contribution in [3.05, 3.63) is 53.9 Å². The Morgan fingerprint density at radius 1 is 1.33 bits per heavy atom. The van der Waals surface area contributed by atoms with Gasteiger partial charge in [-0.15, -0.1) is 10.2 Å². The van der Waals surface area contributed by atoms with Crippen LogP contribution in [0.1, 0.15) is 11.3 Å². The third kappa shape index (κ3) is 3.61. The van der Waals surface area contributed by atoms with Crippen LogP contribution in [0.5, 0.6) is 5.88 Å². The van der Waals surface area contributed by atoms with E-state index in [1.807, 2.05) is 43.3 Å². The smallest absolute Gasteiger partial charge is 0.234 e. The van der Waals surface area contributed by atoms with Gasteiger partial charge in [-0.2, -0.15) is 5.10 Å². The van der Waals surface area contributed by atoms with Crippen LogP contribution in [0.3, 0.4) is 0 Å². The second-order valence-corrected chi connectivity index (χ2v) is 5.39. The summed E-state index contributed by atoms with van der Waals surface area (Å²) in [6, 6.07) is 11.2. The van der Waals surface area contributed by atoms with Crippen molar-refractivity contribution in [2.75, 3.05) is 0 Å². The Bertz CT molecular complexity index is 932. The van der Waals surface area contributed by atoms with Gasteiger partial charge in [0, 0.05) is 11.6 Å². The van der Waals surface area contributed by atoms with Crippen molar-refractivity contribution >= 4 is 40.1 Å². The van der Waals surface area contributed by atoms with Crippen molar-refractivity contribution in [1.29, 1.82) is 0 Å². The van der Waals surface area contributed by atoms with Gasteiger partial charge in [0.05, 0.1) is 17.4 Å². The number of aryl methyl sites for hydroxylation is 1. The van der Waals surface area contributed by atoms with Crippen LogP contribution in [0.15, 0.2) is 57.9 Å². The largest absolute Gasteiger partial charge is 0.493 e. The first-order chi connectivity index (χ1) is 11.6. The number of H-pyrrole nitrogens is 1. The highest BCUT2D eigenvalue weighted by Gasteiger charge is 2.10. The second kappa shape index (κ2) is 6.97. The van der Waals surface area contributed by atoms with Crippen LogP contribution in [-0.4, -0.2) is 26.4 Å². The maximum Gasteiger partial charge on any atom is 0.234 e. The van der Waals surface area contributed by atoms with E-state index >= 15 is 0 Å². The third-order valence-electron chi connectivity index (χ3n) is 3.19. The van der Waals surface area contributed by atoms with E-state index in [9.17, 15) is 5.11 Å². The highest BCUT2D eigenvalue weighted by Crippen LogP contribution is 2.35. The Kier molecular flexibility index (Phi) is 4.57. The monoisotopic (exact) mass is 338 g/mol. The normalized spacial score (nSPS) is 11.5. The summed E-state index contributed by atoms with van der Waals surface area (Å²) in [6.07, 6.45) is 3.19. The second-order valence-electron chi connectivity index (χ2n) is 5.00. The predicted molar refractivity (Wildman–Crippen MR) is 96.8 cm³/mol. The number of nitrogens with one attached hydrogen (secondary N) is 2. The van der Waals surface area contributed by atoms with Crippen molar-refractivity contribution in [2.45, 2.75) is 6.92 Å². The van der Waals surface area contributed by atoms with E-state index in [1.54, 1.807) is 6.20 Å². The maximum absolute atomic E-state index is 9.95. The highest BCUT2D eigenvalue weighted by molar-refractivity contribution is 7.80. The number of hydrogen-bond donors (Lipinski definition) is 3. The fourth-order valence-corrected chi connectivity index (χ4v) is 2.20. The molecule has 0 fully saturated rings. The van der Waals surface area contributed by atoms with E-state index in [2.05, 4.69) is 30.7 Å². The Balaban J connectivity index is 1.71. The summed E-state index contributed by atoms with van der Waals surface area (Å²) in [5.74, 6) is -0.0564. The molecule has 0 spiro atoms. The molecule has 0 aliphatic carbocycles. The summed E-state index contributed by atoms with van der Waals surface area (Å²) in [4.78, 5) is 6.94. The van der Waals surface area contributed by atoms with Gasteiger partial charge in [-0.25, -0.2) is 0 Å². The zero-order valence-corrected chi connectivity index (χ0v) is 13.6. The Morgan fingerprint density at radius 3 is 3.00 bits per heavy atom. The molecule has 3 aromatic rings. The molecule has 0 unspecified atom stereocenters. The minimum absolute atomic E-state index is 0.0564. The molecular formula is C16H14N6OS. The van der Waals surface area contributed by atoms with Gasteiger partial charge < -0.3 is 10.1 Å². The van der Waals surface area contributed by atoms with Crippen LogP contribution >= 0.6 is 12.2 Å². The van der Waals surface area contributed by atoms with E-state index < -0.39 is 0 Å². The molecule has 120 valence electrons. The van der Waals surface area contributed by atoms with Crippen LogP contribution < -0.4 is 5.43 Å². The first-order valence-corrected chi connectivity index (χ1v) is 7.51. The Morgan fingerprint density at radius 2 is 2.21 bits per heavy atom. The number of aromatic nitrogens is 2. The molecule has 0 bridgehead atoms. The van der Waals surface area contributed by atoms with Crippen molar-refractivity contribution in [1.82, 2.24) is 15.4 Å². The van der Waals surface area contributed by atoms with Crippen molar-refractivity contribution in [2.24, 2.45) is 15.3 Å². The van der Waals surface area contributed by atoms with Crippen LogP contribution in [-0.2, 0) is 0 Å². The van der Waals surface area contributed by atoms with Crippen molar-refractivity contribution in [3.63, 3.8) is 0 Å². The lowest BCUT2D eigenvalue weighted by atomic mass is 10.2. The van der Waals surface area contributed by atoms with Gasteiger partial charge in [0.15, 0.2) is 5.69 Å². The molecule has 0 amide bonds. The topological polar surface area (TPSA) is 98.0 Å². The average Bonchev–Trinajstić information content (AvgIpc) is 2.88. The van der Waals surface area contributed by atoms with E-state index in [0.717, 1.165) is 16.5 Å². The van der Waals surface area contributed by atoms with E-state index in [1.165, 1.54) is 6.21 Å². The molecule has 24 heavy (non-hydrogen) atoms. The number of thiocarbonyl (C=S) groups is 1. The molecule has 3 rings (SSSR count). The fourth-order valence-electron chi connectivity index (χ4n) is 2.10. The lowest BCUT2D eigenvalue weighted by Crippen LogP contribution is -2.11. The number of pyridine rings is 1. The quantitative estimate of drug-likeness (QED) is 0.294. The van der Waals surface area contributed by atoms with Crippen LogP contribution in [0.25, 0.3) is 10.9 Å². The number of aromatic hydroxyl groups is 1. The fraction of sp³-hybridized carbons (Fsp3) is 0.0625. The summed E-state index contributed by atoms with van der Waals surface area (Å²) in [5, 5.41) is 22.6. The lowest BCUT2D eigenvalue weighted by Gasteiger charge is -1.96. The van der Waals surface area contributed by atoms with Gasteiger partial charge in [0.1, 0.15) is 0 Å². The van der Waals surface area contributed by atoms with Crippen LogP contribution in [0.4, 0.5) is 5.69 Å². The maximum atomic E-state index is 9.95. The average molecular weight is 338 g/mol. The number of nitrogens with zero attached hydrogens (tertiary/aromatic N) is 4. The number of aromatic amines is 1. The number of rotatable bonds is 3. The number of fused-ring (bicyclic) bond motifs is 1. The summed E-state index contributed by atoms with van der Waals surface area (Å²) in [6.45, 7) is 1.96. The zero-order chi connectivity index (χ0) is 16.9. The van der Waals surface area contributed by atoms with Gasteiger partial charge in [0.2, 0.25) is 11.0 Å². The minimum Gasteiger partial charge on any atom is -0.493 e. The Hall–Kier alpha value is -3.13. The number of benzene rings is 1. The molecule has 2 aromatic heterocycles. The Labute approximate surface area is 143 Å². The SMILES string of the molecule is Cc1ccc2[nH]c(O)c(N=NC(=S)N/N=C/c3ccccn3)c2c1. The molecule has 2 heterocycles. The summed E-state index contributed by atoms with van der Waals surface area (Å²) in [5.41, 5.74) is 5.44. The third-order valence-corrected chi connectivity index (χ3v) is 3.37. The van der Waals surface area contributed by atoms with Crippen LogP contribution in [0, 0.1) is 6.92 Å². The molecule has 7 nitrogen and oxygen atoms in total. The summed E-state index contributed by atoms with van der Waals surface area (Å²) < 4.78 is 0. The summed E-state index contributed by atoms with van der Waals surface area (Å²) >= 11 is 5.04. The van der Waals surface area contributed by atoms with Gasteiger partial charge in [0.25, 0.3) is 0 Å². The first kappa shape index (κ1) is 15.8. The summed E-state index contributed by atoms with van der Waals surface area (Å²) in [7, 11) is 0. The molecule has 3 N–H and O–H groups in total. The van der Waals surface area contributed by atoms with E-state index in [-0.39, 0.29) is 11.0 Å². The minimum atomic E-state index is -0.0564. The van der Waals surface area contributed by atoms with Gasteiger partial charge >= 0.3 is 0 Å². The van der Waals surface area contributed by atoms with Crippen molar-refractivity contribution < 1.29 is 5.11 Å². The van der Waals surface area contributed by atoms with Gasteiger partial charge in [-0.3, -0.25) is 10.4 Å². The van der Waals surface area contributed by atoms with E-state index in [4.69, 9.17) is 12.2 Å². The number of hydrogen-bond acceptors (Lipinski definition) is 5.